The number of nitrogens with one attached hydrogen (secondary N) is 2. The van der Waals surface area contributed by atoms with Crippen LogP contribution in [0.3, 0.4) is 0 Å². The molecule has 0 bridgehead atoms. The van der Waals surface area contributed by atoms with Crippen LogP contribution in [0.4, 0.5) is 5.13 Å². The summed E-state index contributed by atoms with van der Waals surface area (Å²) in [6.45, 7) is 0.329. The summed E-state index contributed by atoms with van der Waals surface area (Å²) in [5.74, 6) is -2.36. The maximum Gasteiger partial charge on any atom is 0.352 e. The molecule has 0 saturated carbocycles. The van der Waals surface area contributed by atoms with Gasteiger partial charge in [0.25, 0.3) is 11.8 Å². The molecule has 4 heterocycles. The van der Waals surface area contributed by atoms with Gasteiger partial charge in [-0.15, -0.1) is 46.0 Å². The van der Waals surface area contributed by atoms with Gasteiger partial charge in [0, 0.05) is 32.8 Å². The summed E-state index contributed by atoms with van der Waals surface area (Å²) in [6, 6.07) is 2.81. The lowest BCUT2D eigenvalue weighted by atomic mass is 10.0. The molecule has 36 heavy (non-hydrogen) atoms. The number of fused-ring (bicyclic) bond motifs is 1. The molecule has 2 aromatic heterocycles. The number of halogens is 2. The average Bonchev–Trinajstić information content (AvgIpc) is 3.49. The summed E-state index contributed by atoms with van der Waals surface area (Å²) in [5, 5.41) is 16.5. The zero-order chi connectivity index (χ0) is 26.0. The van der Waals surface area contributed by atoms with Gasteiger partial charge in [0.1, 0.15) is 23.0 Å². The third-order valence-electron chi connectivity index (χ3n) is 5.37. The monoisotopic (exact) mass is 587 g/mol. The Morgan fingerprint density at radius 1 is 1.31 bits per heavy atom. The van der Waals surface area contributed by atoms with Gasteiger partial charge in [0.05, 0.1) is 17.8 Å². The highest BCUT2D eigenvalue weighted by Crippen LogP contribution is 2.41. The first-order valence-electron chi connectivity index (χ1n) is 10.4. The van der Waals surface area contributed by atoms with Crippen molar-refractivity contribution in [2.45, 2.75) is 24.4 Å². The summed E-state index contributed by atoms with van der Waals surface area (Å²) in [7, 11) is 0. The van der Waals surface area contributed by atoms with Crippen molar-refractivity contribution in [3.05, 3.63) is 49.8 Å². The molecule has 10 nitrogen and oxygen atoms in total. The lowest BCUT2D eigenvalue weighted by Crippen LogP contribution is -2.70. The van der Waals surface area contributed by atoms with E-state index in [1.165, 1.54) is 28.0 Å². The largest absolute Gasteiger partial charge is 0.477 e. The molecule has 1 fully saturated rings. The van der Waals surface area contributed by atoms with E-state index in [0.717, 1.165) is 26.6 Å². The lowest BCUT2D eigenvalue weighted by molar-refractivity contribution is -0.150. The van der Waals surface area contributed by atoms with Gasteiger partial charge in [-0.25, -0.2) is 9.78 Å². The Labute approximate surface area is 227 Å². The molecule has 4 rings (SSSR count). The third-order valence-corrected chi connectivity index (χ3v) is 8.93. The van der Waals surface area contributed by atoms with E-state index in [0.29, 0.717) is 24.3 Å². The number of rotatable bonds is 9. The zero-order valence-electron chi connectivity index (χ0n) is 18.3. The Morgan fingerprint density at radius 3 is 2.69 bits per heavy atom. The molecule has 2 aliphatic rings. The standard InChI is InChI=1S/C21H19Cl2N5O5S3/c22-4-12(13-8-35-21(24)26-13)17(30)27-15-18(31)28-16(20(32)33)9(7-34-19(15)28)3-10-1-2-11(36-10)6-25-14(29)5-23/h1-2,4,8,15,19H,3,5-7H2,(H2,24,26)(H,25,29)(H,27,30)(H,32,33)/b12-4-/t15-,19+/m1/s1. The number of thiophene rings is 1. The van der Waals surface area contributed by atoms with Crippen LogP contribution < -0.4 is 16.4 Å². The van der Waals surface area contributed by atoms with Gasteiger partial charge in [-0.2, -0.15) is 0 Å². The highest BCUT2D eigenvalue weighted by atomic mass is 35.5. The number of alkyl halides is 1. The summed E-state index contributed by atoms with van der Waals surface area (Å²) in [4.78, 5) is 56.2. The highest BCUT2D eigenvalue weighted by Gasteiger charge is 2.54. The van der Waals surface area contributed by atoms with Crippen molar-refractivity contribution in [2.75, 3.05) is 17.4 Å². The van der Waals surface area contributed by atoms with Crippen LogP contribution in [0.25, 0.3) is 5.57 Å². The minimum Gasteiger partial charge on any atom is -0.477 e. The topological polar surface area (TPSA) is 155 Å². The SMILES string of the molecule is Nc1nc(/C(=C/Cl)C(=O)N[C@@H]2C(=O)N3C(C(=O)O)=C(Cc4ccc(CNC(=O)CCl)s4)CS[C@@H]23)cs1. The number of anilines is 1. The number of thiazole rings is 1. The fraction of sp³-hybridized carbons (Fsp3) is 0.286. The predicted octanol–water partition coefficient (Wildman–Crippen LogP) is 2.20. The molecule has 5 N–H and O–H groups in total. The molecule has 15 heteroatoms. The van der Waals surface area contributed by atoms with Crippen LogP contribution in [0.2, 0.25) is 0 Å². The minimum absolute atomic E-state index is 0.0575. The number of nitrogens with two attached hydrogens (primary N) is 1. The normalized spacial score (nSPS) is 19.6. The third kappa shape index (κ3) is 5.39. The Morgan fingerprint density at radius 2 is 2.06 bits per heavy atom. The molecule has 3 amide bonds. The zero-order valence-corrected chi connectivity index (χ0v) is 22.3. The molecule has 0 aliphatic carbocycles. The van der Waals surface area contributed by atoms with Crippen molar-refractivity contribution in [3.63, 3.8) is 0 Å². The number of carboxylic acids is 1. The number of β-lactam (4-membered cyclic amide) rings is 1. The summed E-state index contributed by atoms with van der Waals surface area (Å²) in [5.41, 5.74) is 7.56. The number of carboxylic acid groups (broad SMARTS) is 1. The van der Waals surface area contributed by atoms with Crippen LogP contribution in [0.1, 0.15) is 15.4 Å². The maximum atomic E-state index is 12.9. The second kappa shape index (κ2) is 11.2. The van der Waals surface area contributed by atoms with Gasteiger partial charge < -0.3 is 21.5 Å². The van der Waals surface area contributed by atoms with Gasteiger partial charge >= 0.3 is 5.97 Å². The van der Waals surface area contributed by atoms with E-state index in [4.69, 9.17) is 28.9 Å². The van der Waals surface area contributed by atoms with E-state index < -0.39 is 29.2 Å². The molecular weight excluding hydrogens is 569 g/mol. The van der Waals surface area contributed by atoms with E-state index in [9.17, 15) is 24.3 Å². The van der Waals surface area contributed by atoms with Gasteiger partial charge in [0.15, 0.2) is 5.13 Å². The maximum absolute atomic E-state index is 12.9. The minimum atomic E-state index is -1.21. The summed E-state index contributed by atoms with van der Waals surface area (Å²) in [6.07, 6.45) is 0.348. The molecule has 0 radical (unpaired) electrons. The van der Waals surface area contributed by atoms with Crippen molar-refractivity contribution >= 4 is 92.0 Å². The van der Waals surface area contributed by atoms with E-state index in [-0.39, 0.29) is 33.9 Å². The molecule has 1 saturated heterocycles. The van der Waals surface area contributed by atoms with Crippen LogP contribution >= 0.6 is 57.6 Å². The van der Waals surface area contributed by atoms with Crippen molar-refractivity contribution in [2.24, 2.45) is 0 Å². The van der Waals surface area contributed by atoms with Crippen LogP contribution in [0.5, 0.6) is 0 Å². The predicted molar refractivity (Wildman–Crippen MR) is 141 cm³/mol. The number of nitrogen functional groups attached to an aromatic ring is 1. The van der Waals surface area contributed by atoms with E-state index in [2.05, 4.69) is 15.6 Å². The smallest absolute Gasteiger partial charge is 0.352 e. The molecule has 2 atom stereocenters. The number of amides is 3. The first kappa shape index (κ1) is 26.5. The second-order valence-corrected chi connectivity index (χ2v) is 11.4. The molecule has 0 unspecified atom stereocenters. The molecular formula is C21H19Cl2N5O5S3. The van der Waals surface area contributed by atoms with E-state index in [1.807, 2.05) is 12.1 Å². The first-order valence-corrected chi connectivity index (χ1v) is 14.1. The molecule has 2 aromatic rings. The van der Waals surface area contributed by atoms with Crippen LogP contribution in [0.15, 0.2) is 34.3 Å². The Balaban J connectivity index is 1.46. The first-order chi connectivity index (χ1) is 17.2. The average molecular weight is 589 g/mol. The fourth-order valence-electron chi connectivity index (χ4n) is 3.73. The van der Waals surface area contributed by atoms with Gasteiger partial charge in [0.2, 0.25) is 5.91 Å². The second-order valence-electron chi connectivity index (χ2n) is 7.67. The number of carbonyl (C=O) groups is 4. The van der Waals surface area contributed by atoms with Crippen molar-refractivity contribution < 1.29 is 24.3 Å². The fourth-order valence-corrected chi connectivity index (χ4v) is 6.94. The van der Waals surface area contributed by atoms with Crippen LogP contribution in [-0.2, 0) is 32.1 Å². The molecule has 0 aromatic carbocycles. The van der Waals surface area contributed by atoms with Crippen LogP contribution in [0, 0.1) is 0 Å². The van der Waals surface area contributed by atoms with Gasteiger partial charge in [-0.3, -0.25) is 19.3 Å². The lowest BCUT2D eigenvalue weighted by Gasteiger charge is -2.49. The Hall–Kier alpha value is -2.58. The van der Waals surface area contributed by atoms with Crippen molar-refractivity contribution in [3.8, 4) is 0 Å². The molecule has 0 spiro atoms. The highest BCUT2D eigenvalue weighted by molar-refractivity contribution is 8.00. The number of aromatic nitrogens is 1. The van der Waals surface area contributed by atoms with Gasteiger partial charge in [-0.1, -0.05) is 11.6 Å². The Bertz CT molecular complexity index is 1290. The number of nitrogens with zero attached hydrogens (tertiary/aromatic N) is 2. The number of hydrogen-bond acceptors (Lipinski definition) is 9. The quantitative estimate of drug-likeness (QED) is 0.198. The molecule has 190 valence electrons. The Kier molecular flexibility index (Phi) is 8.25. The van der Waals surface area contributed by atoms with E-state index >= 15 is 0 Å². The summed E-state index contributed by atoms with van der Waals surface area (Å²) >= 11 is 15.3. The van der Waals surface area contributed by atoms with Gasteiger partial charge in [-0.05, 0) is 17.7 Å². The summed E-state index contributed by atoms with van der Waals surface area (Å²) < 4.78 is 0. The van der Waals surface area contributed by atoms with Crippen molar-refractivity contribution in [1.82, 2.24) is 20.5 Å². The number of aliphatic carboxylic acids is 1. The van der Waals surface area contributed by atoms with E-state index in [1.54, 1.807) is 5.38 Å². The van der Waals surface area contributed by atoms with Crippen LogP contribution in [-0.4, -0.2) is 61.7 Å². The number of carbonyl (C=O) groups excluding carboxylic acids is 3. The molecule has 2 aliphatic heterocycles. The number of hydrogen-bond donors (Lipinski definition) is 4. The van der Waals surface area contributed by atoms with Crippen molar-refractivity contribution in [1.29, 1.82) is 0 Å². The number of thioether (sulfide) groups is 1.